The van der Waals surface area contributed by atoms with E-state index in [1.54, 1.807) is 11.8 Å². The van der Waals surface area contributed by atoms with Crippen molar-refractivity contribution in [1.29, 1.82) is 0 Å². The Morgan fingerprint density at radius 1 is 1.14 bits per heavy atom. The highest BCUT2D eigenvalue weighted by atomic mass is 32.2. The molecule has 0 radical (unpaired) electrons. The van der Waals surface area contributed by atoms with Crippen LogP contribution in [0.3, 0.4) is 0 Å². The van der Waals surface area contributed by atoms with Crippen LogP contribution < -0.4 is 10.2 Å². The van der Waals surface area contributed by atoms with E-state index in [0.717, 1.165) is 52.1 Å². The molecule has 1 aromatic carbocycles. The number of hydrogen-bond acceptors (Lipinski definition) is 3. The van der Waals surface area contributed by atoms with Gasteiger partial charge in [0.25, 0.3) is 0 Å². The van der Waals surface area contributed by atoms with Crippen molar-refractivity contribution in [2.24, 2.45) is 17.8 Å². The molecule has 2 aliphatic rings. The SMILES string of the molecule is C.C#CC(=C)C1=CC(C)C(C(=C)SC(=C)c2ccc(N(CC)CCNC3CCC(C)CC3)cc2)C=C1.[HH]. The monoisotopic (exact) mass is 504 g/mol. The molecule has 0 saturated heterocycles. The number of hydrogen-bond donors (Lipinski definition) is 1. The Hall–Kier alpha value is -2.41. The van der Waals surface area contributed by atoms with Crippen LogP contribution in [0.15, 0.2) is 78.3 Å². The number of nitrogens with one attached hydrogen (secondary N) is 1. The zero-order chi connectivity index (χ0) is 25.4. The molecule has 196 valence electrons. The third-order valence-electron chi connectivity index (χ3n) is 7.41. The van der Waals surface area contributed by atoms with Crippen molar-refractivity contribution in [3.05, 3.63) is 83.8 Å². The number of nitrogens with zero attached hydrogens (tertiary/aromatic N) is 1. The van der Waals surface area contributed by atoms with E-state index in [1.165, 1.54) is 31.4 Å². The van der Waals surface area contributed by atoms with Crippen LogP contribution in [0.25, 0.3) is 4.91 Å². The Morgan fingerprint density at radius 3 is 2.39 bits per heavy atom. The third kappa shape index (κ3) is 8.05. The lowest BCUT2D eigenvalue weighted by atomic mass is 9.85. The smallest absolute Gasteiger partial charge is 0.0366 e. The number of benzene rings is 1. The van der Waals surface area contributed by atoms with Gasteiger partial charge in [-0.1, -0.05) is 89.1 Å². The number of terminal acetylenes is 1. The molecule has 1 N–H and O–H groups in total. The van der Waals surface area contributed by atoms with Crippen LogP contribution in [-0.4, -0.2) is 25.7 Å². The molecule has 0 spiro atoms. The Balaban J connectivity index is 0.00000342. The van der Waals surface area contributed by atoms with E-state index in [1.807, 2.05) is 0 Å². The summed E-state index contributed by atoms with van der Waals surface area (Å²) in [4.78, 5) is 4.57. The molecule has 3 rings (SSSR count). The number of allylic oxidation sites excluding steroid dienone is 6. The van der Waals surface area contributed by atoms with Crippen molar-refractivity contribution in [3.63, 3.8) is 0 Å². The van der Waals surface area contributed by atoms with Crippen molar-refractivity contribution in [3.8, 4) is 12.3 Å². The summed E-state index contributed by atoms with van der Waals surface area (Å²) in [5.74, 6) is 4.10. The van der Waals surface area contributed by atoms with Gasteiger partial charge in [-0.05, 0) is 72.6 Å². The zero-order valence-electron chi connectivity index (χ0n) is 21.9. The van der Waals surface area contributed by atoms with Gasteiger partial charge >= 0.3 is 0 Å². The molecular weight excluding hydrogens is 456 g/mol. The van der Waals surface area contributed by atoms with Crippen molar-refractivity contribution < 1.29 is 1.43 Å². The first-order valence-electron chi connectivity index (χ1n) is 13.0. The summed E-state index contributed by atoms with van der Waals surface area (Å²) in [6.45, 7) is 22.5. The maximum Gasteiger partial charge on any atom is 0.0366 e. The molecule has 2 unspecified atom stereocenters. The zero-order valence-corrected chi connectivity index (χ0v) is 22.7. The molecule has 0 heterocycles. The van der Waals surface area contributed by atoms with Crippen LogP contribution in [-0.2, 0) is 0 Å². The Bertz CT molecular complexity index is 1010. The first kappa shape index (κ1) is 29.8. The lowest BCUT2D eigenvalue weighted by molar-refractivity contribution is 0.309. The lowest BCUT2D eigenvalue weighted by Gasteiger charge is -2.29. The minimum absolute atomic E-state index is 0. The molecule has 0 amide bonds. The Labute approximate surface area is 227 Å². The summed E-state index contributed by atoms with van der Waals surface area (Å²) >= 11 is 1.67. The number of rotatable bonds is 11. The second kappa shape index (κ2) is 14.4. The standard InChI is InChI=1S/C32H42N2S.CH4.H2/c1-8-24(4)29-14-19-32(25(5)22-29)27(7)35-26(6)28-12-17-31(18-13-28)34(9-2)21-20-33-30-15-10-23(3)11-16-30;;/h1,12-14,17-19,22-23,25,30,32-33H,4,6-7,9-11,15-16,20-21H2,2-3,5H3;1H4;1H. The van der Waals surface area contributed by atoms with Crippen LogP contribution in [0.4, 0.5) is 5.69 Å². The summed E-state index contributed by atoms with van der Waals surface area (Å²) < 4.78 is 0. The fraction of sp³-hybridized carbons (Fsp3) is 0.455. The number of anilines is 1. The van der Waals surface area contributed by atoms with Gasteiger partial charge in [0, 0.05) is 49.2 Å². The molecule has 0 bridgehead atoms. The molecule has 2 nitrogen and oxygen atoms in total. The van der Waals surface area contributed by atoms with Gasteiger partial charge < -0.3 is 10.2 Å². The van der Waals surface area contributed by atoms with Gasteiger partial charge in [-0.25, -0.2) is 0 Å². The van der Waals surface area contributed by atoms with Crippen molar-refractivity contribution in [2.75, 3.05) is 24.5 Å². The maximum absolute atomic E-state index is 5.51. The van der Waals surface area contributed by atoms with E-state index in [0.29, 0.717) is 12.0 Å². The molecule has 1 aromatic rings. The highest BCUT2D eigenvalue weighted by Crippen LogP contribution is 2.41. The number of likely N-dealkylation sites (N-methyl/N-ethyl adjacent to an activating group) is 1. The van der Waals surface area contributed by atoms with E-state index < -0.39 is 0 Å². The predicted molar refractivity (Wildman–Crippen MR) is 166 cm³/mol. The normalized spacial score (nSPS) is 23.1. The molecule has 3 heteroatoms. The fourth-order valence-corrected chi connectivity index (χ4v) is 5.99. The van der Waals surface area contributed by atoms with Gasteiger partial charge in [0.2, 0.25) is 0 Å². The summed E-state index contributed by atoms with van der Waals surface area (Å²) in [7, 11) is 0. The van der Waals surface area contributed by atoms with Gasteiger partial charge in [0.05, 0.1) is 0 Å². The van der Waals surface area contributed by atoms with Crippen molar-refractivity contribution in [2.45, 2.75) is 59.9 Å². The lowest BCUT2D eigenvalue weighted by Crippen LogP contribution is -2.38. The Morgan fingerprint density at radius 2 is 1.81 bits per heavy atom. The largest absolute Gasteiger partial charge is 0.371 e. The molecule has 0 aliphatic heterocycles. The van der Waals surface area contributed by atoms with Crippen molar-refractivity contribution in [1.82, 2.24) is 5.32 Å². The highest BCUT2D eigenvalue weighted by Gasteiger charge is 2.22. The average molecular weight is 505 g/mol. The van der Waals surface area contributed by atoms with Crippen LogP contribution in [0, 0.1) is 30.1 Å². The van der Waals surface area contributed by atoms with Crippen LogP contribution >= 0.6 is 11.8 Å². The molecule has 2 aliphatic carbocycles. The summed E-state index contributed by atoms with van der Waals surface area (Å²) in [6.07, 6.45) is 17.3. The van der Waals surface area contributed by atoms with E-state index in [-0.39, 0.29) is 14.8 Å². The Kier molecular flexibility index (Phi) is 11.9. The topological polar surface area (TPSA) is 15.3 Å². The molecular formula is C33H48N2S. The third-order valence-corrected chi connectivity index (χ3v) is 8.42. The maximum atomic E-state index is 5.51. The van der Waals surface area contributed by atoms with Gasteiger partial charge in [-0.15, -0.1) is 6.42 Å². The van der Waals surface area contributed by atoms with Crippen LogP contribution in [0.2, 0.25) is 0 Å². The quantitative estimate of drug-likeness (QED) is 0.303. The summed E-state index contributed by atoms with van der Waals surface area (Å²) in [5.41, 5.74) is 4.18. The van der Waals surface area contributed by atoms with Crippen LogP contribution in [0.5, 0.6) is 0 Å². The first-order valence-corrected chi connectivity index (χ1v) is 13.8. The average Bonchev–Trinajstić information content (AvgIpc) is 2.87. The minimum Gasteiger partial charge on any atom is -0.371 e. The highest BCUT2D eigenvalue weighted by molar-refractivity contribution is 8.11. The van der Waals surface area contributed by atoms with Crippen molar-refractivity contribution >= 4 is 22.4 Å². The van der Waals surface area contributed by atoms with E-state index >= 15 is 0 Å². The van der Waals surface area contributed by atoms with E-state index in [9.17, 15) is 0 Å². The fourth-order valence-electron chi connectivity index (χ4n) is 4.99. The van der Waals surface area contributed by atoms with Gasteiger partial charge in [0.15, 0.2) is 0 Å². The summed E-state index contributed by atoms with van der Waals surface area (Å²) in [5, 5.41) is 3.78. The van der Waals surface area contributed by atoms with E-state index in [2.05, 4.69) is 99.1 Å². The molecule has 2 atom stereocenters. The van der Waals surface area contributed by atoms with Gasteiger partial charge in [0.1, 0.15) is 0 Å². The second-order valence-electron chi connectivity index (χ2n) is 10.0. The molecule has 36 heavy (non-hydrogen) atoms. The first-order chi connectivity index (χ1) is 16.8. The number of thioether (sulfide) groups is 1. The minimum atomic E-state index is 0. The summed E-state index contributed by atoms with van der Waals surface area (Å²) in [6, 6.07) is 9.51. The molecule has 0 aromatic heterocycles. The van der Waals surface area contributed by atoms with E-state index in [4.69, 9.17) is 6.42 Å². The van der Waals surface area contributed by atoms with Gasteiger partial charge in [-0.2, -0.15) is 0 Å². The molecule has 1 fully saturated rings. The van der Waals surface area contributed by atoms with Crippen LogP contribution in [0.1, 0.15) is 60.9 Å². The van der Waals surface area contributed by atoms with Gasteiger partial charge in [-0.3, -0.25) is 0 Å². The molecule has 1 saturated carbocycles. The predicted octanol–water partition coefficient (Wildman–Crippen LogP) is 8.72. The second-order valence-corrected chi connectivity index (χ2v) is 11.2.